The van der Waals surface area contributed by atoms with Crippen molar-refractivity contribution >= 4 is 5.97 Å². The first-order valence-electron chi connectivity index (χ1n) is 7.68. The lowest BCUT2D eigenvalue weighted by Gasteiger charge is -2.18. The SMILES string of the molecule is COc1cc(CCC(C)CC(CN)C(=O)O)c(OC)c(OC)c1. The van der Waals surface area contributed by atoms with E-state index in [-0.39, 0.29) is 12.5 Å². The average Bonchev–Trinajstić information content (AvgIpc) is 2.56. The molecule has 0 aromatic heterocycles. The number of benzene rings is 1. The maximum atomic E-state index is 11.1. The van der Waals surface area contributed by atoms with Gasteiger partial charge in [-0.05, 0) is 31.2 Å². The number of aliphatic carboxylic acids is 1. The van der Waals surface area contributed by atoms with Gasteiger partial charge < -0.3 is 25.1 Å². The van der Waals surface area contributed by atoms with E-state index in [2.05, 4.69) is 0 Å². The molecule has 2 unspecified atom stereocenters. The van der Waals surface area contributed by atoms with Gasteiger partial charge in [0.2, 0.25) is 0 Å². The van der Waals surface area contributed by atoms with Crippen molar-refractivity contribution in [2.75, 3.05) is 27.9 Å². The second kappa shape index (κ2) is 9.25. The van der Waals surface area contributed by atoms with Gasteiger partial charge in [0.25, 0.3) is 0 Å². The molecule has 0 fully saturated rings. The number of carboxylic acid groups (broad SMARTS) is 1. The van der Waals surface area contributed by atoms with Gasteiger partial charge in [-0.1, -0.05) is 6.92 Å². The van der Waals surface area contributed by atoms with Gasteiger partial charge in [0, 0.05) is 18.2 Å². The molecule has 6 heteroatoms. The molecular formula is C17H27NO5. The molecule has 0 heterocycles. The monoisotopic (exact) mass is 325 g/mol. The summed E-state index contributed by atoms with van der Waals surface area (Å²) in [6, 6.07) is 3.70. The molecule has 130 valence electrons. The third-order valence-electron chi connectivity index (χ3n) is 3.99. The maximum absolute atomic E-state index is 11.1. The summed E-state index contributed by atoms with van der Waals surface area (Å²) in [5.41, 5.74) is 6.50. The molecule has 23 heavy (non-hydrogen) atoms. The quantitative estimate of drug-likeness (QED) is 0.686. The standard InChI is InChI=1S/C17H27NO5/c1-11(7-13(10-18)17(19)20)5-6-12-8-14(21-2)9-15(22-3)16(12)23-4/h8-9,11,13H,5-7,10,18H2,1-4H3,(H,19,20). The fourth-order valence-electron chi connectivity index (χ4n) is 2.62. The Morgan fingerprint density at radius 2 is 1.91 bits per heavy atom. The Morgan fingerprint density at radius 1 is 1.22 bits per heavy atom. The van der Waals surface area contributed by atoms with Crippen molar-refractivity contribution in [3.63, 3.8) is 0 Å². The van der Waals surface area contributed by atoms with E-state index in [0.29, 0.717) is 23.7 Å². The zero-order chi connectivity index (χ0) is 17.4. The summed E-state index contributed by atoms with van der Waals surface area (Å²) in [4.78, 5) is 11.1. The van der Waals surface area contributed by atoms with Gasteiger partial charge in [-0.3, -0.25) is 4.79 Å². The van der Waals surface area contributed by atoms with E-state index in [1.165, 1.54) is 0 Å². The van der Waals surface area contributed by atoms with Crippen LogP contribution in [0.15, 0.2) is 12.1 Å². The minimum atomic E-state index is -0.833. The van der Waals surface area contributed by atoms with Crippen molar-refractivity contribution in [3.05, 3.63) is 17.7 Å². The molecular weight excluding hydrogens is 298 g/mol. The van der Waals surface area contributed by atoms with Crippen LogP contribution in [0.2, 0.25) is 0 Å². The molecule has 3 N–H and O–H groups in total. The number of methoxy groups -OCH3 is 3. The second-order valence-electron chi connectivity index (χ2n) is 5.67. The largest absolute Gasteiger partial charge is 0.497 e. The second-order valence-corrected chi connectivity index (χ2v) is 5.67. The predicted octanol–water partition coefficient (Wildman–Crippen LogP) is 2.33. The lowest BCUT2D eigenvalue weighted by molar-refractivity contribution is -0.141. The van der Waals surface area contributed by atoms with Gasteiger partial charge in [0.05, 0.1) is 27.2 Å². The van der Waals surface area contributed by atoms with Crippen molar-refractivity contribution in [1.29, 1.82) is 0 Å². The van der Waals surface area contributed by atoms with Crippen LogP contribution >= 0.6 is 0 Å². The third kappa shape index (κ3) is 5.32. The molecule has 6 nitrogen and oxygen atoms in total. The number of hydrogen-bond acceptors (Lipinski definition) is 5. The zero-order valence-electron chi connectivity index (χ0n) is 14.3. The lowest BCUT2D eigenvalue weighted by atomic mass is 9.91. The average molecular weight is 325 g/mol. The molecule has 0 aliphatic carbocycles. The minimum Gasteiger partial charge on any atom is -0.497 e. The highest BCUT2D eigenvalue weighted by Gasteiger charge is 2.20. The van der Waals surface area contributed by atoms with E-state index in [1.807, 2.05) is 13.0 Å². The highest BCUT2D eigenvalue weighted by atomic mass is 16.5. The molecule has 0 spiro atoms. The molecule has 2 atom stereocenters. The van der Waals surface area contributed by atoms with Crippen LogP contribution in [0.3, 0.4) is 0 Å². The number of hydrogen-bond donors (Lipinski definition) is 2. The highest BCUT2D eigenvalue weighted by Crippen LogP contribution is 2.36. The zero-order valence-corrected chi connectivity index (χ0v) is 14.3. The molecule has 0 amide bonds. The lowest BCUT2D eigenvalue weighted by Crippen LogP contribution is -2.25. The summed E-state index contributed by atoms with van der Waals surface area (Å²) in [5, 5.41) is 9.09. The molecule has 0 aliphatic rings. The van der Waals surface area contributed by atoms with Crippen molar-refractivity contribution in [2.45, 2.75) is 26.2 Å². The van der Waals surface area contributed by atoms with E-state index < -0.39 is 11.9 Å². The number of carboxylic acids is 1. The fraction of sp³-hybridized carbons (Fsp3) is 0.588. The van der Waals surface area contributed by atoms with Crippen LogP contribution in [-0.4, -0.2) is 38.9 Å². The number of rotatable bonds is 10. The first-order valence-corrected chi connectivity index (χ1v) is 7.68. The number of carbonyl (C=O) groups is 1. The van der Waals surface area contributed by atoms with E-state index in [1.54, 1.807) is 27.4 Å². The summed E-state index contributed by atoms with van der Waals surface area (Å²) in [5.74, 6) is 0.929. The van der Waals surface area contributed by atoms with Crippen LogP contribution in [0.5, 0.6) is 17.2 Å². The molecule has 0 bridgehead atoms. The topological polar surface area (TPSA) is 91.0 Å². The summed E-state index contributed by atoms with van der Waals surface area (Å²) in [6.45, 7) is 2.20. The van der Waals surface area contributed by atoms with Gasteiger partial charge in [0.15, 0.2) is 11.5 Å². The van der Waals surface area contributed by atoms with E-state index in [0.717, 1.165) is 18.4 Å². The first-order chi connectivity index (χ1) is 11.0. The van der Waals surface area contributed by atoms with Gasteiger partial charge >= 0.3 is 5.97 Å². The summed E-state index contributed by atoms with van der Waals surface area (Å²) < 4.78 is 16.1. The Hall–Kier alpha value is -1.95. The number of aryl methyl sites for hydroxylation is 1. The van der Waals surface area contributed by atoms with Gasteiger partial charge in [-0.25, -0.2) is 0 Å². The predicted molar refractivity (Wildman–Crippen MR) is 88.4 cm³/mol. The minimum absolute atomic E-state index is 0.163. The van der Waals surface area contributed by atoms with Gasteiger partial charge in [-0.2, -0.15) is 0 Å². The third-order valence-corrected chi connectivity index (χ3v) is 3.99. The van der Waals surface area contributed by atoms with Crippen LogP contribution < -0.4 is 19.9 Å². The van der Waals surface area contributed by atoms with Crippen molar-refractivity contribution in [1.82, 2.24) is 0 Å². The number of ether oxygens (including phenoxy) is 3. The first kappa shape index (κ1) is 19.1. The molecule has 1 rings (SSSR count). The molecule has 0 saturated heterocycles. The molecule has 0 saturated carbocycles. The van der Waals surface area contributed by atoms with E-state index in [4.69, 9.17) is 25.1 Å². The van der Waals surface area contributed by atoms with Crippen molar-refractivity contribution < 1.29 is 24.1 Å². The smallest absolute Gasteiger partial charge is 0.307 e. The molecule has 0 radical (unpaired) electrons. The van der Waals surface area contributed by atoms with Crippen LogP contribution in [0, 0.1) is 11.8 Å². The van der Waals surface area contributed by atoms with Crippen LogP contribution in [0.1, 0.15) is 25.3 Å². The summed E-state index contributed by atoms with van der Waals surface area (Å²) in [7, 11) is 4.79. The Balaban J connectivity index is 2.81. The van der Waals surface area contributed by atoms with Crippen molar-refractivity contribution in [3.8, 4) is 17.2 Å². The molecule has 0 aliphatic heterocycles. The Morgan fingerprint density at radius 3 is 2.39 bits per heavy atom. The fourth-order valence-corrected chi connectivity index (χ4v) is 2.62. The Bertz CT molecular complexity index is 518. The van der Waals surface area contributed by atoms with Crippen molar-refractivity contribution in [2.24, 2.45) is 17.6 Å². The van der Waals surface area contributed by atoms with E-state index >= 15 is 0 Å². The Labute approximate surface area is 137 Å². The van der Waals surface area contributed by atoms with Crippen LogP contribution in [0.4, 0.5) is 0 Å². The molecule has 1 aromatic carbocycles. The normalized spacial score (nSPS) is 13.3. The highest BCUT2D eigenvalue weighted by molar-refractivity contribution is 5.70. The van der Waals surface area contributed by atoms with Gasteiger partial charge in [-0.15, -0.1) is 0 Å². The summed E-state index contributed by atoms with van der Waals surface area (Å²) >= 11 is 0. The Kier molecular flexibility index (Phi) is 7.68. The van der Waals surface area contributed by atoms with E-state index in [9.17, 15) is 4.79 Å². The van der Waals surface area contributed by atoms with Gasteiger partial charge in [0.1, 0.15) is 5.75 Å². The molecule has 1 aromatic rings. The maximum Gasteiger partial charge on any atom is 0.307 e. The van der Waals surface area contributed by atoms with Crippen LogP contribution in [-0.2, 0) is 11.2 Å². The van der Waals surface area contributed by atoms with Crippen LogP contribution in [0.25, 0.3) is 0 Å². The summed E-state index contributed by atoms with van der Waals surface area (Å²) in [6.07, 6.45) is 2.14. The number of nitrogens with two attached hydrogens (primary N) is 1.